The molecule has 0 heterocycles. The quantitative estimate of drug-likeness (QED) is 0.753. The fourth-order valence-corrected chi connectivity index (χ4v) is 3.68. The van der Waals surface area contributed by atoms with E-state index >= 15 is 0 Å². The lowest BCUT2D eigenvalue weighted by Gasteiger charge is -2.17. The molecule has 20 heavy (non-hydrogen) atoms. The van der Waals surface area contributed by atoms with E-state index in [9.17, 15) is 4.79 Å². The molecule has 1 aliphatic carbocycles. The van der Waals surface area contributed by atoms with Gasteiger partial charge in [0.2, 0.25) is 0 Å². The van der Waals surface area contributed by atoms with Crippen molar-refractivity contribution >= 4 is 37.8 Å². The van der Waals surface area contributed by atoms with Crippen LogP contribution >= 0.6 is 31.9 Å². The molecule has 1 aromatic rings. The number of carbonyl (C=O) groups is 1. The molecule has 1 aromatic carbocycles. The largest absolute Gasteiger partial charge is 0.481 e. The highest BCUT2D eigenvalue weighted by molar-refractivity contribution is 9.11. The monoisotopic (exact) mass is 403 g/mol. The average Bonchev–Trinajstić information content (AvgIpc) is 2.67. The third-order valence-corrected chi connectivity index (χ3v) is 4.74. The van der Waals surface area contributed by atoms with Crippen LogP contribution in [0.2, 0.25) is 0 Å². The van der Waals surface area contributed by atoms with Gasteiger partial charge >= 0.3 is 0 Å². The summed E-state index contributed by atoms with van der Waals surface area (Å²) in [7, 11) is 0. The van der Waals surface area contributed by atoms with Gasteiger partial charge in [-0.1, -0.05) is 31.7 Å². The molecule has 0 radical (unpaired) electrons. The van der Waals surface area contributed by atoms with E-state index in [1.54, 1.807) is 0 Å². The minimum atomic E-state index is -0.0421. The Morgan fingerprint density at radius 2 is 1.75 bits per heavy atom. The third-order valence-electron chi connectivity index (χ3n) is 3.49. The van der Waals surface area contributed by atoms with Crippen molar-refractivity contribution < 1.29 is 9.53 Å². The van der Waals surface area contributed by atoms with Gasteiger partial charge in [-0.05, 0) is 56.8 Å². The number of nitrogens with one attached hydrogen (secondary N) is 1. The molecule has 5 heteroatoms. The number of amides is 1. The maximum absolute atomic E-state index is 12.0. The summed E-state index contributed by atoms with van der Waals surface area (Å²) in [5.41, 5.74) is 0. The molecule has 2 rings (SSSR count). The molecule has 0 bridgehead atoms. The van der Waals surface area contributed by atoms with E-state index in [2.05, 4.69) is 37.2 Å². The van der Waals surface area contributed by atoms with Crippen LogP contribution in [0.4, 0.5) is 0 Å². The summed E-state index contributed by atoms with van der Waals surface area (Å²) < 4.78 is 7.28. The van der Waals surface area contributed by atoms with Crippen LogP contribution in [0, 0.1) is 0 Å². The molecule has 3 nitrogen and oxygen atoms in total. The fraction of sp³-hybridized carbons (Fsp3) is 0.533. The molecular formula is C15H19Br2NO2. The molecule has 0 atom stereocenters. The summed E-state index contributed by atoms with van der Waals surface area (Å²) in [4.78, 5) is 12.0. The molecule has 0 aromatic heterocycles. The molecule has 0 aliphatic heterocycles. The number of para-hydroxylation sites is 1. The van der Waals surface area contributed by atoms with E-state index in [4.69, 9.17) is 4.74 Å². The van der Waals surface area contributed by atoms with E-state index in [0.717, 1.165) is 21.8 Å². The minimum Gasteiger partial charge on any atom is -0.481 e. The first-order valence-corrected chi connectivity index (χ1v) is 8.61. The Bertz CT molecular complexity index is 437. The Morgan fingerprint density at radius 3 is 2.35 bits per heavy atom. The van der Waals surface area contributed by atoms with Gasteiger partial charge in [0.15, 0.2) is 6.61 Å². The molecule has 1 fully saturated rings. The van der Waals surface area contributed by atoms with Gasteiger partial charge in [0.1, 0.15) is 5.75 Å². The van der Waals surface area contributed by atoms with E-state index in [0.29, 0.717) is 11.8 Å². The number of hydrogen-bond donors (Lipinski definition) is 1. The van der Waals surface area contributed by atoms with Gasteiger partial charge < -0.3 is 10.1 Å². The predicted molar refractivity (Wildman–Crippen MR) is 87.0 cm³/mol. The molecule has 1 amide bonds. The lowest BCUT2D eigenvalue weighted by Crippen LogP contribution is -2.37. The van der Waals surface area contributed by atoms with Crippen LogP contribution in [0.1, 0.15) is 38.5 Å². The van der Waals surface area contributed by atoms with Crippen molar-refractivity contribution in [3.63, 3.8) is 0 Å². The Labute approximate surface area is 136 Å². The van der Waals surface area contributed by atoms with Crippen molar-refractivity contribution in [1.29, 1.82) is 0 Å². The summed E-state index contributed by atoms with van der Waals surface area (Å²) in [6.45, 7) is 0.0533. The second-order valence-electron chi connectivity index (χ2n) is 5.10. The zero-order valence-electron chi connectivity index (χ0n) is 11.3. The first-order chi connectivity index (χ1) is 9.66. The Morgan fingerprint density at radius 1 is 1.15 bits per heavy atom. The molecule has 0 saturated heterocycles. The molecule has 0 unspecified atom stereocenters. The van der Waals surface area contributed by atoms with Gasteiger partial charge in [0.25, 0.3) is 5.91 Å². The van der Waals surface area contributed by atoms with E-state index in [-0.39, 0.29) is 12.5 Å². The zero-order chi connectivity index (χ0) is 14.4. The molecular weight excluding hydrogens is 386 g/mol. The van der Waals surface area contributed by atoms with Crippen LogP contribution in [0.15, 0.2) is 27.1 Å². The minimum absolute atomic E-state index is 0.0421. The first kappa shape index (κ1) is 15.8. The number of rotatable bonds is 4. The van der Waals surface area contributed by atoms with E-state index in [1.807, 2.05) is 18.2 Å². The lowest BCUT2D eigenvalue weighted by atomic mass is 10.1. The van der Waals surface area contributed by atoms with Crippen LogP contribution in [-0.4, -0.2) is 18.6 Å². The van der Waals surface area contributed by atoms with Crippen molar-refractivity contribution in [1.82, 2.24) is 5.32 Å². The topological polar surface area (TPSA) is 38.3 Å². The van der Waals surface area contributed by atoms with Gasteiger partial charge in [-0.2, -0.15) is 0 Å². The maximum Gasteiger partial charge on any atom is 0.258 e. The van der Waals surface area contributed by atoms with Gasteiger partial charge in [0.05, 0.1) is 8.95 Å². The maximum atomic E-state index is 12.0. The van der Waals surface area contributed by atoms with Crippen molar-refractivity contribution in [2.75, 3.05) is 6.61 Å². The highest BCUT2D eigenvalue weighted by atomic mass is 79.9. The summed E-state index contributed by atoms with van der Waals surface area (Å²) in [5.74, 6) is 0.628. The number of carbonyl (C=O) groups excluding carboxylic acids is 1. The molecule has 1 saturated carbocycles. The molecule has 110 valence electrons. The van der Waals surface area contributed by atoms with Crippen LogP contribution in [0.3, 0.4) is 0 Å². The summed E-state index contributed by atoms with van der Waals surface area (Å²) in [5, 5.41) is 3.07. The molecule has 1 aliphatic rings. The van der Waals surface area contributed by atoms with Crippen molar-refractivity contribution in [2.24, 2.45) is 0 Å². The lowest BCUT2D eigenvalue weighted by molar-refractivity contribution is -0.123. The van der Waals surface area contributed by atoms with Crippen LogP contribution in [0.25, 0.3) is 0 Å². The molecule has 0 spiro atoms. The Kier molecular flexibility index (Phi) is 6.36. The van der Waals surface area contributed by atoms with E-state index < -0.39 is 0 Å². The molecule has 1 N–H and O–H groups in total. The van der Waals surface area contributed by atoms with Gasteiger partial charge in [-0.15, -0.1) is 0 Å². The SMILES string of the molecule is O=C(COc1c(Br)cccc1Br)NC1CCCCCC1. The van der Waals surface area contributed by atoms with Gasteiger partial charge in [-0.3, -0.25) is 4.79 Å². The fourth-order valence-electron chi connectivity index (χ4n) is 2.45. The third kappa shape index (κ3) is 4.77. The van der Waals surface area contributed by atoms with Crippen molar-refractivity contribution in [3.8, 4) is 5.75 Å². The number of halogens is 2. The zero-order valence-corrected chi connectivity index (χ0v) is 14.5. The van der Waals surface area contributed by atoms with Crippen LogP contribution in [-0.2, 0) is 4.79 Å². The van der Waals surface area contributed by atoms with Crippen molar-refractivity contribution in [3.05, 3.63) is 27.1 Å². The highest BCUT2D eigenvalue weighted by Crippen LogP contribution is 2.32. The summed E-state index contributed by atoms with van der Waals surface area (Å²) in [6.07, 6.45) is 7.16. The van der Waals surface area contributed by atoms with E-state index in [1.165, 1.54) is 25.7 Å². The number of hydrogen-bond acceptors (Lipinski definition) is 2. The van der Waals surface area contributed by atoms with Crippen molar-refractivity contribution in [2.45, 2.75) is 44.6 Å². The predicted octanol–water partition coefficient (Wildman–Crippen LogP) is 4.43. The van der Waals surface area contributed by atoms with Crippen LogP contribution in [0.5, 0.6) is 5.75 Å². The normalized spacial score (nSPS) is 16.5. The Balaban J connectivity index is 1.82. The highest BCUT2D eigenvalue weighted by Gasteiger charge is 2.15. The number of ether oxygens (including phenoxy) is 1. The second-order valence-corrected chi connectivity index (χ2v) is 6.80. The van der Waals surface area contributed by atoms with Gasteiger partial charge in [0, 0.05) is 6.04 Å². The first-order valence-electron chi connectivity index (χ1n) is 7.03. The number of benzene rings is 1. The standard InChI is InChI=1S/C15H19Br2NO2/c16-12-8-5-9-13(17)15(12)20-10-14(19)18-11-6-3-1-2-4-7-11/h5,8-9,11H,1-4,6-7,10H2,(H,18,19). The summed E-state index contributed by atoms with van der Waals surface area (Å²) >= 11 is 6.84. The Hall–Kier alpha value is -0.550. The van der Waals surface area contributed by atoms with Gasteiger partial charge in [-0.25, -0.2) is 0 Å². The average molecular weight is 405 g/mol. The van der Waals surface area contributed by atoms with Crippen LogP contribution < -0.4 is 10.1 Å². The smallest absolute Gasteiger partial charge is 0.258 e. The summed E-state index contributed by atoms with van der Waals surface area (Å²) in [6, 6.07) is 6.01. The second kappa shape index (κ2) is 8.03.